The van der Waals surface area contributed by atoms with E-state index in [2.05, 4.69) is 9.97 Å². The first-order chi connectivity index (χ1) is 16.3. The number of amides is 1. The lowest BCUT2D eigenvalue weighted by Gasteiger charge is -2.22. The zero-order valence-electron chi connectivity index (χ0n) is 16.8. The topological polar surface area (TPSA) is 83.4 Å². The molecule has 1 fully saturated rings. The third-order valence-corrected chi connectivity index (χ3v) is 7.28. The van der Waals surface area contributed by atoms with Crippen molar-refractivity contribution < 1.29 is 19.1 Å². The quantitative estimate of drug-likeness (QED) is 0.186. The van der Waals surface area contributed by atoms with Crippen molar-refractivity contribution in [2.75, 3.05) is 4.90 Å². The Bertz CT molecular complexity index is 1490. The Morgan fingerprint density at radius 3 is 2.53 bits per heavy atom. The lowest BCUT2D eigenvalue weighted by molar-refractivity contribution is -0.132. The second-order valence-electron chi connectivity index (χ2n) is 7.28. The molecule has 5 rings (SSSR count). The van der Waals surface area contributed by atoms with Gasteiger partial charge in [0, 0.05) is 11.8 Å². The maximum absolute atomic E-state index is 14.0. The molecule has 2 aromatic heterocycles. The normalized spacial score (nSPS) is 17.6. The van der Waals surface area contributed by atoms with Gasteiger partial charge in [-0.3, -0.25) is 19.5 Å². The van der Waals surface area contributed by atoms with Gasteiger partial charge in [-0.05, 0) is 42.5 Å². The van der Waals surface area contributed by atoms with Gasteiger partial charge in [-0.2, -0.15) is 0 Å². The number of hydrogen-bond donors (Lipinski definition) is 1. The monoisotopic (exact) mass is 533 g/mol. The van der Waals surface area contributed by atoms with Crippen molar-refractivity contribution in [3.05, 3.63) is 92.4 Å². The fourth-order valence-electron chi connectivity index (χ4n) is 3.66. The molecule has 0 radical (unpaired) electrons. The summed E-state index contributed by atoms with van der Waals surface area (Å²) in [7, 11) is 0. The van der Waals surface area contributed by atoms with Crippen LogP contribution in [0.15, 0.2) is 60.3 Å². The summed E-state index contributed by atoms with van der Waals surface area (Å²) in [6, 6.07) is 10.8. The molecular weight excluding hydrogens is 524 g/mol. The number of aliphatic hydroxyl groups excluding tert-OH is 1. The predicted octanol–water partition coefficient (Wildman–Crippen LogP) is 6.42. The lowest BCUT2D eigenvalue weighted by atomic mass is 9.98. The summed E-state index contributed by atoms with van der Waals surface area (Å²) in [5.74, 6) is -2.91. The van der Waals surface area contributed by atoms with E-state index in [0.717, 1.165) is 16.2 Å². The summed E-state index contributed by atoms with van der Waals surface area (Å²) in [6.07, 6.45) is 1.50. The first kappa shape index (κ1) is 22.7. The third-order valence-electron chi connectivity index (χ3n) is 5.23. The molecule has 0 bridgehead atoms. The molecule has 0 aliphatic carbocycles. The number of rotatable bonds is 3. The van der Waals surface area contributed by atoms with E-state index in [1.807, 2.05) is 0 Å². The Morgan fingerprint density at radius 2 is 1.82 bits per heavy atom. The summed E-state index contributed by atoms with van der Waals surface area (Å²) in [4.78, 5) is 36.2. The highest BCUT2D eigenvalue weighted by atomic mass is 35.5. The molecule has 11 heteroatoms. The van der Waals surface area contributed by atoms with Crippen LogP contribution in [0, 0.1) is 5.82 Å². The third kappa shape index (κ3) is 3.73. The van der Waals surface area contributed by atoms with Crippen LogP contribution < -0.4 is 4.90 Å². The largest absolute Gasteiger partial charge is 0.507 e. The number of benzene rings is 2. The minimum atomic E-state index is -1.09. The van der Waals surface area contributed by atoms with Gasteiger partial charge in [0.15, 0.2) is 5.13 Å². The van der Waals surface area contributed by atoms with E-state index in [1.54, 1.807) is 18.2 Å². The highest BCUT2D eigenvalue weighted by molar-refractivity contribution is 7.22. The van der Waals surface area contributed by atoms with Crippen molar-refractivity contribution >= 4 is 78.9 Å². The predicted molar refractivity (Wildman–Crippen MR) is 130 cm³/mol. The summed E-state index contributed by atoms with van der Waals surface area (Å²) >= 11 is 18.9. The second kappa shape index (κ2) is 8.63. The maximum atomic E-state index is 14.0. The Morgan fingerprint density at radius 1 is 1.03 bits per heavy atom. The van der Waals surface area contributed by atoms with Gasteiger partial charge in [0.25, 0.3) is 5.78 Å². The van der Waals surface area contributed by atoms with Crippen LogP contribution in [0.25, 0.3) is 16.0 Å². The van der Waals surface area contributed by atoms with Gasteiger partial charge in [0.05, 0.1) is 36.6 Å². The summed E-state index contributed by atoms with van der Waals surface area (Å²) < 4.78 is 14.4. The van der Waals surface area contributed by atoms with Crippen LogP contribution in [0.5, 0.6) is 0 Å². The Labute approximate surface area is 210 Å². The average molecular weight is 535 g/mol. The van der Waals surface area contributed by atoms with Crippen molar-refractivity contribution in [3.8, 4) is 0 Å². The van der Waals surface area contributed by atoms with Crippen LogP contribution in [0.1, 0.15) is 17.3 Å². The fourth-order valence-corrected chi connectivity index (χ4v) is 5.12. The van der Waals surface area contributed by atoms with Gasteiger partial charge in [0.1, 0.15) is 17.6 Å². The number of hydrogen-bond acceptors (Lipinski definition) is 6. The minimum Gasteiger partial charge on any atom is -0.507 e. The molecule has 6 nitrogen and oxygen atoms in total. The zero-order chi connectivity index (χ0) is 24.1. The van der Waals surface area contributed by atoms with E-state index in [-0.39, 0.29) is 31.3 Å². The molecule has 1 aliphatic heterocycles. The number of carbonyl (C=O) groups excluding carboxylic acids is 2. The fraction of sp³-hybridized carbons (Fsp3) is 0.0435. The molecule has 1 atom stereocenters. The van der Waals surface area contributed by atoms with Crippen LogP contribution in [0.3, 0.4) is 0 Å². The number of pyridine rings is 1. The van der Waals surface area contributed by atoms with Crippen LogP contribution in [-0.4, -0.2) is 26.8 Å². The van der Waals surface area contributed by atoms with E-state index >= 15 is 0 Å². The smallest absolute Gasteiger partial charge is 0.301 e. The van der Waals surface area contributed by atoms with Gasteiger partial charge in [-0.1, -0.05) is 52.2 Å². The maximum Gasteiger partial charge on any atom is 0.301 e. The highest BCUT2D eigenvalue weighted by Gasteiger charge is 2.48. The molecule has 0 spiro atoms. The lowest BCUT2D eigenvalue weighted by Crippen LogP contribution is -2.29. The SMILES string of the molecule is O=C1C(=O)N(c2nc3cc(Cl)c(F)cc3s2)C(c2ccccn2)/C1=C(\O)c1ccc(Cl)c(Cl)c1. The molecule has 1 amide bonds. The van der Waals surface area contributed by atoms with Crippen molar-refractivity contribution in [2.45, 2.75) is 6.04 Å². The molecular formula is C23H11Cl3FN3O3S. The average Bonchev–Trinajstić information content (AvgIpc) is 3.33. The summed E-state index contributed by atoms with van der Waals surface area (Å²) in [6.45, 7) is 0. The number of aromatic nitrogens is 2. The number of anilines is 1. The van der Waals surface area contributed by atoms with E-state index < -0.39 is 29.3 Å². The van der Waals surface area contributed by atoms with Gasteiger partial charge < -0.3 is 5.11 Å². The number of halogens is 4. The zero-order valence-corrected chi connectivity index (χ0v) is 19.9. The number of fused-ring (bicyclic) bond motifs is 1. The van der Waals surface area contributed by atoms with Gasteiger partial charge in [0.2, 0.25) is 0 Å². The molecule has 34 heavy (non-hydrogen) atoms. The first-order valence-corrected chi connectivity index (χ1v) is 11.6. The highest BCUT2D eigenvalue weighted by Crippen LogP contribution is 2.44. The summed E-state index contributed by atoms with van der Waals surface area (Å²) in [5.41, 5.74) is 0.696. The summed E-state index contributed by atoms with van der Waals surface area (Å²) in [5, 5.41) is 11.5. The van der Waals surface area contributed by atoms with Crippen LogP contribution >= 0.6 is 46.1 Å². The van der Waals surface area contributed by atoms with Crippen LogP contribution in [0.2, 0.25) is 15.1 Å². The minimum absolute atomic E-state index is 0.118. The Balaban J connectivity index is 1.73. The van der Waals surface area contributed by atoms with Crippen LogP contribution in [0.4, 0.5) is 9.52 Å². The Kier molecular flexibility index (Phi) is 5.77. The molecule has 170 valence electrons. The van der Waals surface area contributed by atoms with Gasteiger partial charge in [-0.25, -0.2) is 9.37 Å². The van der Waals surface area contributed by atoms with Crippen molar-refractivity contribution in [1.29, 1.82) is 0 Å². The van der Waals surface area contributed by atoms with E-state index in [1.165, 1.54) is 36.5 Å². The molecule has 1 unspecified atom stereocenters. The second-order valence-corrected chi connectivity index (χ2v) is 9.51. The standard InChI is InChI=1S/C23H11Cl3FN3O3S/c24-11-5-4-10(7-12(11)25)20(31)18-19(15-3-1-2-6-28-15)30(22(33)21(18)32)23-29-16-8-13(26)14(27)9-17(16)34-23/h1-9,19,31H/b20-18+. The van der Waals surface area contributed by atoms with E-state index in [0.29, 0.717) is 15.9 Å². The van der Waals surface area contributed by atoms with E-state index in [9.17, 15) is 19.1 Å². The molecule has 1 N–H and O–H groups in total. The molecule has 3 heterocycles. The molecule has 0 saturated carbocycles. The first-order valence-electron chi connectivity index (χ1n) is 9.69. The number of ketones is 1. The van der Waals surface area contributed by atoms with Crippen LogP contribution in [-0.2, 0) is 9.59 Å². The Hall–Kier alpha value is -3.04. The van der Waals surface area contributed by atoms with Gasteiger partial charge in [-0.15, -0.1) is 0 Å². The van der Waals surface area contributed by atoms with E-state index in [4.69, 9.17) is 34.8 Å². The molecule has 2 aromatic carbocycles. The number of carbonyl (C=O) groups is 2. The number of Topliss-reactive ketones (excluding diaryl/α,β-unsaturated/α-hetero) is 1. The number of nitrogens with zero attached hydrogens (tertiary/aromatic N) is 3. The number of aliphatic hydroxyl groups is 1. The molecule has 4 aromatic rings. The van der Waals surface area contributed by atoms with Crippen molar-refractivity contribution in [1.82, 2.24) is 9.97 Å². The van der Waals surface area contributed by atoms with Crippen molar-refractivity contribution in [3.63, 3.8) is 0 Å². The van der Waals surface area contributed by atoms with Gasteiger partial charge >= 0.3 is 5.91 Å². The van der Waals surface area contributed by atoms with Crippen molar-refractivity contribution in [2.24, 2.45) is 0 Å². The number of thiazole rings is 1. The molecule has 1 saturated heterocycles. The molecule has 1 aliphatic rings.